The van der Waals surface area contributed by atoms with Crippen LogP contribution in [0.25, 0.3) is 0 Å². The standard InChI is InChI=1S/C22H36N4O2/c1-22(2,3)18-6-8-19(9-7-18)28-15-12-25-21(24-5)26-13-10-17(11-14-26)16-20(27)23-4/h6-9,17H,10-16H2,1-5H3,(H,23,27)(H,24,25). The molecule has 2 rings (SSSR count). The number of guanidine groups is 1. The normalized spacial score (nSPS) is 16.0. The van der Waals surface area contributed by atoms with Crippen LogP contribution in [0.1, 0.15) is 45.6 Å². The quantitative estimate of drug-likeness (QED) is 0.447. The maximum atomic E-state index is 11.5. The fraction of sp³-hybridized carbons (Fsp3) is 0.636. The van der Waals surface area contributed by atoms with Gasteiger partial charge in [-0.15, -0.1) is 0 Å². The van der Waals surface area contributed by atoms with Gasteiger partial charge >= 0.3 is 0 Å². The lowest BCUT2D eigenvalue weighted by atomic mass is 9.87. The molecular formula is C22H36N4O2. The second-order valence-corrected chi connectivity index (χ2v) is 8.40. The minimum Gasteiger partial charge on any atom is -0.492 e. The van der Waals surface area contributed by atoms with Crippen molar-refractivity contribution < 1.29 is 9.53 Å². The van der Waals surface area contributed by atoms with E-state index >= 15 is 0 Å². The molecule has 0 saturated carbocycles. The summed E-state index contributed by atoms with van der Waals surface area (Å²) in [5.41, 5.74) is 1.46. The fourth-order valence-electron chi connectivity index (χ4n) is 3.43. The monoisotopic (exact) mass is 388 g/mol. The molecule has 6 heteroatoms. The predicted octanol–water partition coefficient (Wildman–Crippen LogP) is 2.79. The molecule has 0 bridgehead atoms. The van der Waals surface area contributed by atoms with Gasteiger partial charge in [0.1, 0.15) is 12.4 Å². The van der Waals surface area contributed by atoms with Crippen molar-refractivity contribution in [3.05, 3.63) is 29.8 Å². The zero-order valence-corrected chi connectivity index (χ0v) is 18.0. The van der Waals surface area contributed by atoms with Crippen LogP contribution in [0.15, 0.2) is 29.3 Å². The van der Waals surface area contributed by atoms with Crippen molar-refractivity contribution in [3.8, 4) is 5.75 Å². The Kier molecular flexibility index (Phi) is 8.15. The average Bonchev–Trinajstić information content (AvgIpc) is 2.68. The molecule has 0 atom stereocenters. The highest BCUT2D eigenvalue weighted by Crippen LogP contribution is 2.24. The first kappa shape index (κ1) is 22.1. The molecule has 6 nitrogen and oxygen atoms in total. The first-order valence-corrected chi connectivity index (χ1v) is 10.2. The largest absolute Gasteiger partial charge is 0.492 e. The number of aliphatic imine (C=N–C) groups is 1. The Labute approximate surface area is 169 Å². The molecule has 0 spiro atoms. The molecule has 1 heterocycles. The molecule has 1 aliphatic heterocycles. The first-order chi connectivity index (χ1) is 13.3. The van der Waals surface area contributed by atoms with Gasteiger partial charge in [0, 0.05) is 33.6 Å². The van der Waals surface area contributed by atoms with E-state index in [-0.39, 0.29) is 11.3 Å². The van der Waals surface area contributed by atoms with Crippen molar-refractivity contribution in [2.45, 2.75) is 45.4 Å². The highest BCUT2D eigenvalue weighted by molar-refractivity contribution is 5.80. The van der Waals surface area contributed by atoms with Gasteiger partial charge in [-0.1, -0.05) is 32.9 Å². The van der Waals surface area contributed by atoms with E-state index in [1.807, 2.05) is 19.2 Å². The lowest BCUT2D eigenvalue weighted by molar-refractivity contribution is -0.121. The molecule has 1 aromatic carbocycles. The Balaban J connectivity index is 1.71. The van der Waals surface area contributed by atoms with E-state index in [9.17, 15) is 4.79 Å². The van der Waals surface area contributed by atoms with Gasteiger partial charge in [-0.25, -0.2) is 0 Å². The van der Waals surface area contributed by atoms with Gasteiger partial charge in [-0.3, -0.25) is 9.79 Å². The van der Waals surface area contributed by atoms with Crippen LogP contribution in [0.2, 0.25) is 0 Å². The van der Waals surface area contributed by atoms with Gasteiger partial charge in [-0.05, 0) is 41.9 Å². The fourth-order valence-corrected chi connectivity index (χ4v) is 3.43. The summed E-state index contributed by atoms with van der Waals surface area (Å²) in [7, 11) is 3.51. The number of ether oxygens (including phenoxy) is 1. The Morgan fingerprint density at radius 1 is 1.21 bits per heavy atom. The number of amides is 1. The first-order valence-electron chi connectivity index (χ1n) is 10.2. The number of nitrogens with zero attached hydrogens (tertiary/aromatic N) is 2. The van der Waals surface area contributed by atoms with Crippen molar-refractivity contribution in [3.63, 3.8) is 0 Å². The van der Waals surface area contributed by atoms with Crippen LogP contribution in [0.3, 0.4) is 0 Å². The maximum absolute atomic E-state index is 11.5. The van der Waals surface area contributed by atoms with Crippen LogP contribution in [-0.2, 0) is 10.2 Å². The minimum absolute atomic E-state index is 0.133. The van der Waals surface area contributed by atoms with Gasteiger partial charge in [0.2, 0.25) is 5.91 Å². The molecule has 156 valence electrons. The molecule has 0 aromatic heterocycles. The molecule has 0 radical (unpaired) electrons. The average molecular weight is 389 g/mol. The molecule has 1 amide bonds. The summed E-state index contributed by atoms with van der Waals surface area (Å²) < 4.78 is 5.85. The van der Waals surface area contributed by atoms with E-state index in [2.05, 4.69) is 53.4 Å². The number of rotatable bonds is 6. The molecule has 1 fully saturated rings. The van der Waals surface area contributed by atoms with E-state index in [0.29, 0.717) is 25.5 Å². The van der Waals surface area contributed by atoms with E-state index < -0.39 is 0 Å². The van der Waals surface area contributed by atoms with Gasteiger partial charge in [0.15, 0.2) is 5.96 Å². The van der Waals surface area contributed by atoms with Gasteiger partial charge < -0.3 is 20.3 Å². The molecule has 0 aliphatic carbocycles. The summed E-state index contributed by atoms with van der Waals surface area (Å²) in [6.45, 7) is 9.76. The zero-order chi connectivity index (χ0) is 20.6. The summed E-state index contributed by atoms with van der Waals surface area (Å²) >= 11 is 0. The number of carbonyl (C=O) groups excluding carboxylic acids is 1. The molecule has 0 unspecified atom stereocenters. The summed E-state index contributed by atoms with van der Waals surface area (Å²) in [5.74, 6) is 2.40. The van der Waals surface area contributed by atoms with E-state index in [1.54, 1.807) is 7.05 Å². The zero-order valence-electron chi connectivity index (χ0n) is 18.0. The third-order valence-electron chi connectivity index (χ3n) is 5.25. The van der Waals surface area contributed by atoms with Crippen molar-refractivity contribution in [2.75, 3.05) is 40.3 Å². The van der Waals surface area contributed by atoms with Gasteiger partial charge in [0.25, 0.3) is 0 Å². The second-order valence-electron chi connectivity index (χ2n) is 8.40. The summed E-state index contributed by atoms with van der Waals surface area (Å²) in [5, 5.41) is 6.10. The lowest BCUT2D eigenvalue weighted by Crippen LogP contribution is -2.46. The highest BCUT2D eigenvalue weighted by Gasteiger charge is 2.23. The Bertz CT molecular complexity index is 641. The minimum atomic E-state index is 0.133. The van der Waals surface area contributed by atoms with Crippen molar-refractivity contribution >= 4 is 11.9 Å². The molecule has 1 aliphatic rings. The lowest BCUT2D eigenvalue weighted by Gasteiger charge is -2.34. The van der Waals surface area contributed by atoms with Crippen LogP contribution in [0.4, 0.5) is 0 Å². The Hall–Kier alpha value is -2.24. The number of carbonyl (C=O) groups is 1. The van der Waals surface area contributed by atoms with E-state index in [1.165, 1.54) is 5.56 Å². The van der Waals surface area contributed by atoms with Gasteiger partial charge in [-0.2, -0.15) is 0 Å². The molecular weight excluding hydrogens is 352 g/mol. The summed E-state index contributed by atoms with van der Waals surface area (Å²) in [4.78, 5) is 18.2. The Morgan fingerprint density at radius 3 is 2.39 bits per heavy atom. The van der Waals surface area contributed by atoms with Crippen molar-refractivity contribution in [1.82, 2.24) is 15.5 Å². The second kappa shape index (κ2) is 10.3. The molecule has 28 heavy (non-hydrogen) atoms. The van der Waals surface area contributed by atoms with Crippen LogP contribution in [0.5, 0.6) is 5.75 Å². The number of benzene rings is 1. The van der Waals surface area contributed by atoms with Crippen LogP contribution in [-0.4, -0.2) is 57.1 Å². The third-order valence-corrected chi connectivity index (χ3v) is 5.25. The number of nitrogens with one attached hydrogen (secondary N) is 2. The van der Waals surface area contributed by atoms with Crippen LogP contribution in [0, 0.1) is 5.92 Å². The van der Waals surface area contributed by atoms with Crippen LogP contribution < -0.4 is 15.4 Å². The smallest absolute Gasteiger partial charge is 0.220 e. The van der Waals surface area contributed by atoms with Crippen LogP contribution >= 0.6 is 0 Å². The summed E-state index contributed by atoms with van der Waals surface area (Å²) in [6.07, 6.45) is 2.66. The topological polar surface area (TPSA) is 66.0 Å². The number of hydrogen-bond acceptors (Lipinski definition) is 3. The predicted molar refractivity (Wildman–Crippen MR) is 115 cm³/mol. The molecule has 2 N–H and O–H groups in total. The SMILES string of the molecule is CN=C(NCCOc1ccc(C(C)(C)C)cc1)N1CCC(CC(=O)NC)CC1. The van der Waals surface area contributed by atoms with Crippen molar-refractivity contribution in [1.29, 1.82) is 0 Å². The number of piperidine rings is 1. The third kappa shape index (κ3) is 6.73. The summed E-state index contributed by atoms with van der Waals surface area (Å²) in [6, 6.07) is 8.33. The molecule has 1 aromatic rings. The van der Waals surface area contributed by atoms with Crippen molar-refractivity contribution in [2.24, 2.45) is 10.9 Å². The van der Waals surface area contributed by atoms with E-state index in [0.717, 1.165) is 37.6 Å². The van der Waals surface area contributed by atoms with Gasteiger partial charge in [0.05, 0.1) is 6.54 Å². The maximum Gasteiger partial charge on any atom is 0.220 e. The number of likely N-dealkylation sites (tertiary alicyclic amines) is 1. The highest BCUT2D eigenvalue weighted by atomic mass is 16.5. The number of hydrogen-bond donors (Lipinski definition) is 2. The van der Waals surface area contributed by atoms with E-state index in [4.69, 9.17) is 4.74 Å². The molecule has 1 saturated heterocycles. The Morgan fingerprint density at radius 2 is 1.86 bits per heavy atom.